The van der Waals surface area contributed by atoms with Crippen LogP contribution in [0, 0.1) is 0 Å². The number of rotatable bonds is 10. The second-order valence-electron chi connectivity index (χ2n) is 4.16. The predicted molar refractivity (Wildman–Crippen MR) is 52.6 cm³/mol. The summed E-state index contributed by atoms with van der Waals surface area (Å²) in [5, 5.41) is 44.3. The van der Waals surface area contributed by atoms with Gasteiger partial charge in [0.15, 0.2) is 0 Å². The first-order valence-corrected chi connectivity index (χ1v) is 5.39. The van der Waals surface area contributed by atoms with Crippen molar-refractivity contribution in [2.24, 2.45) is 5.73 Å². The summed E-state index contributed by atoms with van der Waals surface area (Å²) in [6.45, 7) is -0.929. The molecule has 1 atom stereocenters. The molecule has 114 valence electrons. The van der Waals surface area contributed by atoms with Crippen LogP contribution in [0.25, 0.3) is 0 Å². The molecule has 0 aromatic heterocycles. The molecule has 0 fully saturated rings. The first kappa shape index (κ1) is 38.9. The van der Waals surface area contributed by atoms with Crippen molar-refractivity contribution in [1.29, 1.82) is 0 Å². The molecular formula is C10H12K4N2O8. The van der Waals surface area contributed by atoms with Gasteiger partial charge in [-0.3, -0.25) is 0 Å². The smallest absolute Gasteiger partial charge is 0.550 e. The van der Waals surface area contributed by atoms with Crippen molar-refractivity contribution in [3.05, 3.63) is 0 Å². The summed E-state index contributed by atoms with van der Waals surface area (Å²) in [6.07, 6.45) is -2.94. The maximum absolute atomic E-state index is 10.7. The average molecular weight is 445 g/mol. The van der Waals surface area contributed by atoms with Crippen molar-refractivity contribution in [1.82, 2.24) is 5.32 Å². The molecule has 0 aromatic rings. The zero-order valence-electron chi connectivity index (χ0n) is 14.2. The van der Waals surface area contributed by atoms with Crippen LogP contribution in [0.5, 0.6) is 0 Å². The number of carbonyl (C=O) groups excluding carboxylic acids is 4. The molecule has 14 heteroatoms. The molecule has 10 nitrogen and oxygen atoms in total. The third-order valence-electron chi connectivity index (χ3n) is 2.60. The predicted octanol–water partition coefficient (Wildman–Crippen LogP) is -19.2. The Kier molecular flexibility index (Phi) is 33.4. The van der Waals surface area contributed by atoms with E-state index in [0.717, 1.165) is 0 Å². The van der Waals surface area contributed by atoms with Crippen molar-refractivity contribution < 1.29 is 245 Å². The van der Waals surface area contributed by atoms with Crippen LogP contribution < -0.4 is 237 Å². The van der Waals surface area contributed by atoms with Crippen LogP contribution >= 0.6 is 0 Å². The first-order valence-electron chi connectivity index (χ1n) is 5.39. The van der Waals surface area contributed by atoms with Gasteiger partial charge in [0.05, 0.1) is 5.97 Å². The molecule has 0 saturated carbocycles. The van der Waals surface area contributed by atoms with Gasteiger partial charge in [-0.25, -0.2) is 0 Å². The van der Waals surface area contributed by atoms with Gasteiger partial charge < -0.3 is 50.7 Å². The maximum Gasteiger partial charge on any atom is 1.00 e. The largest absolute Gasteiger partial charge is 1.00 e. The molecule has 0 amide bonds. The van der Waals surface area contributed by atoms with Gasteiger partial charge in [0, 0.05) is 55.3 Å². The maximum atomic E-state index is 10.7. The fraction of sp³-hybridized carbons (Fsp3) is 0.600. The number of hydrogen-bond acceptors (Lipinski definition) is 10. The van der Waals surface area contributed by atoms with Gasteiger partial charge >= 0.3 is 206 Å². The van der Waals surface area contributed by atoms with Crippen molar-refractivity contribution >= 4 is 23.9 Å². The molecule has 0 bridgehead atoms. The Morgan fingerprint density at radius 1 is 0.792 bits per heavy atom. The quantitative estimate of drug-likeness (QED) is 0.305. The van der Waals surface area contributed by atoms with Crippen molar-refractivity contribution in [2.45, 2.75) is 30.8 Å². The van der Waals surface area contributed by atoms with Crippen LogP contribution in [-0.2, 0) is 19.2 Å². The number of aliphatic carboxylic acids is 4. The van der Waals surface area contributed by atoms with Crippen molar-refractivity contribution in [3.8, 4) is 0 Å². The third kappa shape index (κ3) is 18.4. The van der Waals surface area contributed by atoms with Gasteiger partial charge in [-0.1, -0.05) is 0 Å². The second kappa shape index (κ2) is 20.6. The number of nitrogens with two attached hydrogens (primary N) is 1. The molecule has 0 spiro atoms. The summed E-state index contributed by atoms with van der Waals surface area (Å²) in [6, 6.07) is -1.55. The molecule has 0 aliphatic heterocycles. The molecule has 1 unspecified atom stereocenters. The molecule has 0 saturated heterocycles. The van der Waals surface area contributed by atoms with E-state index in [1.807, 2.05) is 0 Å². The fourth-order valence-corrected chi connectivity index (χ4v) is 1.72. The normalized spacial score (nSPS) is 10.5. The molecule has 0 rings (SSSR count). The summed E-state index contributed by atoms with van der Waals surface area (Å²) >= 11 is 0. The number of carboxylic acids is 4. The minimum absolute atomic E-state index is 0. The van der Waals surface area contributed by atoms with Crippen LogP contribution in [0.4, 0.5) is 0 Å². The van der Waals surface area contributed by atoms with E-state index >= 15 is 0 Å². The van der Waals surface area contributed by atoms with E-state index < -0.39 is 61.3 Å². The Morgan fingerprint density at radius 3 is 1.42 bits per heavy atom. The van der Waals surface area contributed by atoms with Crippen LogP contribution in [0.15, 0.2) is 0 Å². The van der Waals surface area contributed by atoms with E-state index in [1.165, 1.54) is 0 Å². The van der Waals surface area contributed by atoms with E-state index in [2.05, 4.69) is 5.32 Å². The summed E-state index contributed by atoms with van der Waals surface area (Å²) in [5.41, 5.74) is 3.39. The summed E-state index contributed by atoms with van der Waals surface area (Å²) < 4.78 is 0. The van der Waals surface area contributed by atoms with E-state index in [4.69, 9.17) is 5.73 Å². The summed E-state index contributed by atoms with van der Waals surface area (Å²) in [7, 11) is 0. The number of hydrogen-bond donors (Lipinski definition) is 2. The molecule has 0 aliphatic carbocycles. The third-order valence-corrected chi connectivity index (χ3v) is 2.60. The number of carbonyl (C=O) groups is 4. The molecule has 0 aromatic carbocycles. The van der Waals surface area contributed by atoms with Crippen LogP contribution in [0.3, 0.4) is 0 Å². The van der Waals surface area contributed by atoms with Crippen molar-refractivity contribution in [3.63, 3.8) is 0 Å². The minimum Gasteiger partial charge on any atom is -0.550 e. The summed E-state index contributed by atoms with van der Waals surface area (Å²) in [4.78, 5) is 42.3. The van der Waals surface area contributed by atoms with Gasteiger partial charge in [-0.2, -0.15) is 0 Å². The Labute approximate surface area is 308 Å². The van der Waals surface area contributed by atoms with E-state index in [1.54, 1.807) is 0 Å². The molecule has 0 heterocycles. The Morgan fingerprint density at radius 2 is 1.17 bits per heavy atom. The van der Waals surface area contributed by atoms with E-state index in [9.17, 15) is 39.6 Å². The number of nitrogens with one attached hydrogen (secondary N) is 1. The van der Waals surface area contributed by atoms with Crippen LogP contribution in [-0.4, -0.2) is 42.0 Å². The minimum atomic E-state index is -2.07. The molecule has 3 N–H and O–H groups in total. The first-order chi connectivity index (χ1) is 9.09. The Hall–Kier alpha value is 4.35. The summed E-state index contributed by atoms with van der Waals surface area (Å²) in [5.74, 6) is -6.81. The van der Waals surface area contributed by atoms with Gasteiger partial charge in [0.1, 0.15) is 0 Å². The zero-order chi connectivity index (χ0) is 15.9. The topological polar surface area (TPSA) is 199 Å². The van der Waals surface area contributed by atoms with Crippen LogP contribution in [0.1, 0.15) is 19.3 Å². The van der Waals surface area contributed by atoms with E-state index in [0.29, 0.717) is 0 Å². The Bertz CT molecular complexity index is 408. The zero-order valence-corrected chi connectivity index (χ0v) is 26.7. The van der Waals surface area contributed by atoms with Gasteiger partial charge in [-0.05, 0) is 0 Å². The fourth-order valence-electron chi connectivity index (χ4n) is 1.72. The molecule has 0 radical (unpaired) electrons. The van der Waals surface area contributed by atoms with Gasteiger partial charge in [0.2, 0.25) is 0 Å². The SMILES string of the molecule is NC(CC(=O)[O-])C(CC(=O)[O-])(CC(=O)[O-])NCC(=O)[O-].[K+].[K+].[K+].[K+]. The second-order valence-corrected chi connectivity index (χ2v) is 4.16. The van der Waals surface area contributed by atoms with Gasteiger partial charge in [-0.15, -0.1) is 0 Å². The van der Waals surface area contributed by atoms with Crippen LogP contribution in [0.2, 0.25) is 0 Å². The molecule has 24 heavy (non-hydrogen) atoms. The Balaban J connectivity index is -0.000000301. The monoisotopic (exact) mass is 444 g/mol. The van der Waals surface area contributed by atoms with Crippen molar-refractivity contribution in [2.75, 3.05) is 6.54 Å². The van der Waals surface area contributed by atoms with E-state index in [-0.39, 0.29) is 206 Å². The molecule has 0 aliphatic rings. The van der Waals surface area contributed by atoms with Gasteiger partial charge in [0.25, 0.3) is 0 Å². The number of carboxylic acid groups (broad SMARTS) is 4. The standard InChI is InChI=1S/C10H16N2O8.4K/c11-5(1-6(13)14)10(2-7(15)16,3-8(17)18)12-4-9(19)20;;;;/h5,12H,1-4,11H2,(H,13,14)(H,15,16)(H,17,18)(H,19,20);;;;/q;4*+1/p-4. The average Bonchev–Trinajstić information content (AvgIpc) is 2.23. The molecular weight excluding hydrogens is 433 g/mol.